The molecule has 0 saturated carbocycles. The first-order valence-electron chi connectivity index (χ1n) is 8.53. The average Bonchev–Trinajstić information content (AvgIpc) is 3.26. The first kappa shape index (κ1) is 19.7. The monoisotopic (exact) mass is 411 g/mol. The lowest BCUT2D eigenvalue weighted by atomic mass is 10.2. The molecule has 1 atom stereocenters. The Balaban J connectivity index is 1.55. The van der Waals surface area contributed by atoms with Crippen LogP contribution >= 0.6 is 11.8 Å². The number of rotatable bonds is 7. The van der Waals surface area contributed by atoms with Crippen LogP contribution in [0, 0.1) is 0 Å². The summed E-state index contributed by atoms with van der Waals surface area (Å²) in [7, 11) is -1.39. The molecule has 3 rings (SSSR count). The van der Waals surface area contributed by atoms with E-state index in [9.17, 15) is 13.2 Å². The molecule has 0 aliphatic carbocycles. The molecule has 1 aliphatic heterocycles. The minimum absolute atomic E-state index is 0.0301. The van der Waals surface area contributed by atoms with Crippen molar-refractivity contribution in [3.05, 3.63) is 24.3 Å². The lowest BCUT2D eigenvalue weighted by Crippen LogP contribution is -2.38. The van der Waals surface area contributed by atoms with Crippen LogP contribution in [0.3, 0.4) is 0 Å². The molecule has 146 valence electrons. The Morgan fingerprint density at radius 1 is 1.33 bits per heavy atom. The lowest BCUT2D eigenvalue weighted by molar-refractivity contribution is -0.128. The second kappa shape index (κ2) is 8.30. The van der Waals surface area contributed by atoms with E-state index in [1.165, 1.54) is 4.90 Å². The molecule has 0 bridgehead atoms. The van der Waals surface area contributed by atoms with E-state index in [0.717, 1.165) is 23.1 Å². The number of ether oxygens (including phenoxy) is 1. The first-order chi connectivity index (χ1) is 12.9. The van der Waals surface area contributed by atoms with Crippen molar-refractivity contribution in [2.45, 2.75) is 24.6 Å². The van der Waals surface area contributed by atoms with E-state index in [0.29, 0.717) is 24.1 Å². The van der Waals surface area contributed by atoms with Crippen molar-refractivity contribution in [1.82, 2.24) is 15.1 Å². The molecule has 10 heteroatoms. The molecule has 2 heterocycles. The summed E-state index contributed by atoms with van der Waals surface area (Å²) in [5.41, 5.74) is 0.761. The predicted molar refractivity (Wildman–Crippen MR) is 101 cm³/mol. The van der Waals surface area contributed by atoms with Crippen molar-refractivity contribution in [2.75, 3.05) is 30.9 Å². The fraction of sp³-hybridized carbons (Fsp3) is 0.471. The zero-order chi connectivity index (χ0) is 19.4. The maximum absolute atomic E-state index is 12.3. The fourth-order valence-electron chi connectivity index (χ4n) is 2.75. The average molecular weight is 412 g/mol. The van der Waals surface area contributed by atoms with Gasteiger partial charge in [-0.25, -0.2) is 8.42 Å². The number of carbonyl (C=O) groups excluding carboxylic acids is 1. The molecule has 2 aromatic rings. The van der Waals surface area contributed by atoms with Gasteiger partial charge in [-0.15, -0.1) is 10.2 Å². The molecule has 27 heavy (non-hydrogen) atoms. The van der Waals surface area contributed by atoms with Crippen LogP contribution in [0.4, 0.5) is 0 Å². The maximum Gasteiger partial charge on any atom is 0.277 e. The molecular formula is C17H21N3O5S2. The van der Waals surface area contributed by atoms with Crippen molar-refractivity contribution < 1.29 is 22.4 Å². The zero-order valence-corrected chi connectivity index (χ0v) is 16.8. The smallest absolute Gasteiger partial charge is 0.277 e. The number of sulfone groups is 1. The molecule has 1 aromatic heterocycles. The van der Waals surface area contributed by atoms with Gasteiger partial charge >= 0.3 is 0 Å². The summed E-state index contributed by atoms with van der Waals surface area (Å²) < 4.78 is 34.1. The van der Waals surface area contributed by atoms with Gasteiger partial charge in [-0.05, 0) is 37.6 Å². The summed E-state index contributed by atoms with van der Waals surface area (Å²) in [6.07, 6.45) is 0.484. The number of thioether (sulfide) groups is 1. The molecule has 0 unspecified atom stereocenters. The summed E-state index contributed by atoms with van der Waals surface area (Å²) in [6, 6.07) is 7.04. The minimum atomic E-state index is -3.03. The molecule has 0 spiro atoms. The Kier molecular flexibility index (Phi) is 6.05. The quantitative estimate of drug-likeness (QED) is 0.636. The van der Waals surface area contributed by atoms with Crippen molar-refractivity contribution in [3.63, 3.8) is 0 Å². The maximum atomic E-state index is 12.3. The van der Waals surface area contributed by atoms with Gasteiger partial charge in [-0.1, -0.05) is 11.8 Å². The number of aromatic nitrogens is 2. The summed E-state index contributed by atoms with van der Waals surface area (Å²) in [5.74, 6) is 1.24. The van der Waals surface area contributed by atoms with Crippen LogP contribution in [0.2, 0.25) is 0 Å². The van der Waals surface area contributed by atoms with E-state index in [1.54, 1.807) is 7.05 Å². The molecule has 0 N–H and O–H groups in total. The van der Waals surface area contributed by atoms with Crippen LogP contribution in [0.25, 0.3) is 11.5 Å². The molecule has 1 fully saturated rings. The SMILES string of the molecule is CCOc1ccc(-c2nnc(SCC(=O)N(C)[C@H]3CCS(=O)(=O)C3)o2)cc1. The fourth-order valence-corrected chi connectivity index (χ4v) is 5.22. The first-order valence-corrected chi connectivity index (χ1v) is 11.3. The number of benzene rings is 1. The Bertz CT molecular complexity index is 896. The van der Waals surface area contributed by atoms with Crippen LogP contribution in [0.15, 0.2) is 33.9 Å². The number of hydrogen-bond donors (Lipinski definition) is 0. The van der Waals surface area contributed by atoms with Crippen molar-refractivity contribution in [3.8, 4) is 17.2 Å². The third kappa shape index (κ3) is 5.01. The molecule has 1 aromatic carbocycles. The summed E-state index contributed by atoms with van der Waals surface area (Å²) in [4.78, 5) is 13.8. The van der Waals surface area contributed by atoms with E-state index in [1.807, 2.05) is 31.2 Å². The standard InChI is InChI=1S/C17H21N3O5S2/c1-3-24-14-6-4-12(5-7-14)16-18-19-17(25-16)26-10-15(21)20(2)13-8-9-27(22,23)11-13/h4-7,13H,3,8-11H2,1-2H3/t13-/m0/s1. The molecule has 0 radical (unpaired) electrons. The Hall–Kier alpha value is -2.07. The van der Waals surface area contributed by atoms with Gasteiger partial charge in [-0.2, -0.15) is 0 Å². The van der Waals surface area contributed by atoms with Crippen molar-refractivity contribution >= 4 is 27.5 Å². The second-order valence-electron chi connectivity index (χ2n) is 6.18. The lowest BCUT2D eigenvalue weighted by Gasteiger charge is -2.22. The second-order valence-corrected chi connectivity index (χ2v) is 9.34. The van der Waals surface area contributed by atoms with Crippen LogP contribution < -0.4 is 4.74 Å². The largest absolute Gasteiger partial charge is 0.494 e. The highest BCUT2D eigenvalue weighted by molar-refractivity contribution is 7.99. The van der Waals surface area contributed by atoms with E-state index in [4.69, 9.17) is 9.15 Å². The third-order valence-electron chi connectivity index (χ3n) is 4.29. The highest BCUT2D eigenvalue weighted by atomic mass is 32.2. The Morgan fingerprint density at radius 2 is 2.07 bits per heavy atom. The van der Waals surface area contributed by atoms with Crippen LogP contribution in [0.5, 0.6) is 5.75 Å². The van der Waals surface area contributed by atoms with Crippen LogP contribution in [-0.2, 0) is 14.6 Å². The molecule has 1 aliphatic rings. The summed E-state index contributed by atoms with van der Waals surface area (Å²) in [5, 5.41) is 8.24. The molecule has 1 amide bonds. The van der Waals surface area contributed by atoms with E-state index < -0.39 is 9.84 Å². The van der Waals surface area contributed by atoms with E-state index >= 15 is 0 Å². The third-order valence-corrected chi connectivity index (χ3v) is 6.84. The summed E-state index contributed by atoms with van der Waals surface area (Å²) in [6.45, 7) is 2.51. The van der Waals surface area contributed by atoms with Crippen molar-refractivity contribution in [2.24, 2.45) is 0 Å². The molecule has 1 saturated heterocycles. The topological polar surface area (TPSA) is 103 Å². The normalized spacial score (nSPS) is 18.4. The highest BCUT2D eigenvalue weighted by Crippen LogP contribution is 2.25. The Labute approximate surface area is 162 Å². The number of hydrogen-bond acceptors (Lipinski definition) is 8. The molecule has 8 nitrogen and oxygen atoms in total. The highest BCUT2D eigenvalue weighted by Gasteiger charge is 2.32. The van der Waals surface area contributed by atoms with Gasteiger partial charge in [0.1, 0.15) is 5.75 Å². The van der Waals surface area contributed by atoms with Gasteiger partial charge in [0.2, 0.25) is 11.8 Å². The van der Waals surface area contributed by atoms with Gasteiger partial charge in [0.05, 0.1) is 23.9 Å². The number of amides is 1. The predicted octanol–water partition coefficient (Wildman–Crippen LogP) is 1.87. The van der Waals surface area contributed by atoms with Gasteiger partial charge < -0.3 is 14.1 Å². The molecular weight excluding hydrogens is 390 g/mol. The van der Waals surface area contributed by atoms with E-state index in [-0.39, 0.29) is 29.2 Å². The van der Waals surface area contributed by atoms with Gasteiger partial charge in [0.25, 0.3) is 5.22 Å². The number of carbonyl (C=O) groups is 1. The van der Waals surface area contributed by atoms with Gasteiger partial charge in [-0.3, -0.25) is 4.79 Å². The van der Waals surface area contributed by atoms with Gasteiger partial charge in [0.15, 0.2) is 9.84 Å². The Morgan fingerprint density at radius 3 is 2.70 bits per heavy atom. The minimum Gasteiger partial charge on any atom is -0.494 e. The van der Waals surface area contributed by atoms with Crippen LogP contribution in [-0.4, -0.2) is 66.4 Å². The van der Waals surface area contributed by atoms with Gasteiger partial charge in [0, 0.05) is 18.7 Å². The van der Waals surface area contributed by atoms with E-state index in [2.05, 4.69) is 10.2 Å². The van der Waals surface area contributed by atoms with Crippen molar-refractivity contribution in [1.29, 1.82) is 0 Å². The van der Waals surface area contributed by atoms with Crippen LogP contribution in [0.1, 0.15) is 13.3 Å². The summed E-state index contributed by atoms with van der Waals surface area (Å²) >= 11 is 1.14. The zero-order valence-electron chi connectivity index (χ0n) is 15.1. The number of nitrogens with zero attached hydrogens (tertiary/aromatic N) is 3.